The average Bonchev–Trinajstić information content (AvgIpc) is 3.19. The van der Waals surface area contributed by atoms with Crippen molar-refractivity contribution in [3.63, 3.8) is 0 Å². The van der Waals surface area contributed by atoms with Crippen LogP contribution in [0, 0.1) is 0 Å². The zero-order valence-corrected chi connectivity index (χ0v) is 34.4. The molecule has 14 heteroatoms. The van der Waals surface area contributed by atoms with E-state index in [1.807, 2.05) is 6.08 Å². The highest BCUT2D eigenvalue weighted by atomic mass is 16.7. The van der Waals surface area contributed by atoms with Crippen LogP contribution in [0.4, 0.5) is 0 Å². The maximum Gasteiger partial charge on any atom is 0.220 e. The van der Waals surface area contributed by atoms with Crippen molar-refractivity contribution in [1.82, 2.24) is 5.32 Å². The highest BCUT2D eigenvalue weighted by Crippen LogP contribution is 2.30. The lowest BCUT2D eigenvalue weighted by atomic mass is 9.97. The van der Waals surface area contributed by atoms with Crippen LogP contribution < -0.4 is 5.32 Å². The van der Waals surface area contributed by atoms with Crippen LogP contribution >= 0.6 is 0 Å². The van der Waals surface area contributed by atoms with Crippen LogP contribution in [0.1, 0.15) is 155 Å². The van der Waals surface area contributed by atoms with Gasteiger partial charge in [-0.05, 0) is 19.3 Å². The Morgan fingerprint density at radius 1 is 0.625 bits per heavy atom. The number of carbonyl (C=O) groups excluding carboxylic acids is 1. The third kappa shape index (κ3) is 19.2. The molecule has 0 saturated carbocycles. The van der Waals surface area contributed by atoms with Gasteiger partial charge < -0.3 is 65.1 Å². The molecule has 1 amide bonds. The van der Waals surface area contributed by atoms with Gasteiger partial charge in [-0.2, -0.15) is 0 Å². The van der Waals surface area contributed by atoms with Crippen molar-refractivity contribution < 1.29 is 64.6 Å². The van der Waals surface area contributed by atoms with E-state index in [4.69, 9.17) is 18.9 Å². The zero-order valence-electron chi connectivity index (χ0n) is 34.4. The lowest BCUT2D eigenvalue weighted by Gasteiger charge is -2.46. The molecule has 14 nitrogen and oxygen atoms in total. The smallest absolute Gasteiger partial charge is 0.220 e. The Balaban J connectivity index is 1.86. The van der Waals surface area contributed by atoms with Crippen molar-refractivity contribution in [3.05, 3.63) is 12.2 Å². The Bertz CT molecular complexity index is 1000. The van der Waals surface area contributed by atoms with E-state index in [0.717, 1.165) is 51.4 Å². The Kier molecular flexibility index (Phi) is 27.9. The van der Waals surface area contributed by atoms with Gasteiger partial charge in [-0.3, -0.25) is 4.79 Å². The van der Waals surface area contributed by atoms with E-state index in [0.29, 0.717) is 6.42 Å². The summed E-state index contributed by atoms with van der Waals surface area (Å²) in [4.78, 5) is 13.0. The van der Waals surface area contributed by atoms with E-state index in [-0.39, 0.29) is 18.9 Å². The van der Waals surface area contributed by atoms with E-state index < -0.39 is 86.8 Å². The molecule has 56 heavy (non-hydrogen) atoms. The van der Waals surface area contributed by atoms with Crippen LogP contribution in [-0.2, 0) is 23.7 Å². The molecule has 0 spiro atoms. The molecule has 0 radical (unpaired) electrons. The molecule has 0 aromatic carbocycles. The van der Waals surface area contributed by atoms with Gasteiger partial charge in [0.1, 0.15) is 48.8 Å². The Hall–Kier alpha value is -1.27. The normalized spacial score (nSPS) is 29.5. The SMILES string of the molecule is CCCCCCC/C=C/C(O)C(COC1OC(CO)C(OC2OC(CO)C(O)C(O)C2O)C(O)C1O)NC(=O)CCCCCCCCCCCCCCCCC. The van der Waals surface area contributed by atoms with Crippen molar-refractivity contribution in [2.45, 2.75) is 229 Å². The van der Waals surface area contributed by atoms with Gasteiger partial charge in [-0.15, -0.1) is 0 Å². The second-order valence-corrected chi connectivity index (χ2v) is 15.8. The van der Waals surface area contributed by atoms with E-state index in [9.17, 15) is 45.6 Å². The first kappa shape index (κ1) is 50.9. The predicted octanol–water partition coefficient (Wildman–Crippen LogP) is 3.65. The molecule has 9 N–H and O–H groups in total. The molecule has 0 aromatic rings. The summed E-state index contributed by atoms with van der Waals surface area (Å²) in [7, 11) is 0. The van der Waals surface area contributed by atoms with E-state index in [2.05, 4.69) is 19.2 Å². The maximum atomic E-state index is 13.0. The number of ether oxygens (including phenoxy) is 4. The van der Waals surface area contributed by atoms with E-state index >= 15 is 0 Å². The van der Waals surface area contributed by atoms with Gasteiger partial charge in [0.05, 0.1) is 32.0 Å². The lowest BCUT2D eigenvalue weighted by Crippen LogP contribution is -2.65. The average molecular weight is 806 g/mol. The lowest BCUT2D eigenvalue weighted by molar-refractivity contribution is -0.359. The number of nitrogens with one attached hydrogen (secondary N) is 1. The molecule has 0 bridgehead atoms. The summed E-state index contributed by atoms with van der Waals surface area (Å²) < 4.78 is 22.5. The second kappa shape index (κ2) is 30.7. The number of hydrogen-bond donors (Lipinski definition) is 9. The van der Waals surface area contributed by atoms with Gasteiger partial charge in [0.2, 0.25) is 5.91 Å². The molecule has 12 atom stereocenters. The summed E-state index contributed by atoms with van der Waals surface area (Å²) >= 11 is 0. The molecule has 2 saturated heterocycles. The first-order chi connectivity index (χ1) is 27.1. The van der Waals surface area contributed by atoms with Gasteiger partial charge in [0, 0.05) is 6.42 Å². The molecule has 0 aromatic heterocycles. The van der Waals surface area contributed by atoms with E-state index in [1.54, 1.807) is 6.08 Å². The minimum absolute atomic E-state index is 0.244. The Morgan fingerprint density at radius 2 is 1.11 bits per heavy atom. The standard InChI is InChI=1S/C42H79NO13/c1-3-5-7-9-11-12-13-14-15-16-17-18-20-22-24-26-34(47)43-30(31(46)25-23-21-19-10-8-6-4-2)29-53-41-39(52)37(50)40(33(28-45)55-41)56-42-38(51)36(49)35(48)32(27-44)54-42/h23,25,30-33,35-42,44-46,48-52H,3-22,24,26-29H2,1-2H3,(H,43,47)/b25-23+. The molecule has 2 heterocycles. The number of aliphatic hydroxyl groups excluding tert-OH is 8. The number of hydrogen-bond acceptors (Lipinski definition) is 13. The van der Waals surface area contributed by atoms with E-state index in [1.165, 1.54) is 77.0 Å². The monoisotopic (exact) mass is 806 g/mol. The fourth-order valence-electron chi connectivity index (χ4n) is 7.29. The van der Waals surface area contributed by atoms with Crippen LogP contribution in [0.25, 0.3) is 0 Å². The summed E-state index contributed by atoms with van der Waals surface area (Å²) in [6, 6.07) is -0.904. The topological polar surface area (TPSA) is 228 Å². The minimum Gasteiger partial charge on any atom is -0.394 e. The van der Waals surface area contributed by atoms with Crippen LogP contribution in [0.15, 0.2) is 12.2 Å². The number of unbranched alkanes of at least 4 members (excludes halogenated alkanes) is 19. The summed E-state index contributed by atoms with van der Waals surface area (Å²) in [6.45, 7) is 2.70. The number of aliphatic hydroxyl groups is 8. The third-order valence-corrected chi connectivity index (χ3v) is 11.0. The van der Waals surface area contributed by atoms with Gasteiger partial charge in [0.15, 0.2) is 12.6 Å². The summed E-state index contributed by atoms with van der Waals surface area (Å²) in [5, 5.41) is 86.1. The van der Waals surface area contributed by atoms with Crippen molar-refractivity contribution in [3.8, 4) is 0 Å². The summed E-state index contributed by atoms with van der Waals surface area (Å²) in [6.07, 6.45) is 11.5. The minimum atomic E-state index is -1.78. The maximum absolute atomic E-state index is 13.0. The first-order valence-corrected chi connectivity index (χ1v) is 21.9. The molecule has 0 aliphatic carbocycles. The largest absolute Gasteiger partial charge is 0.394 e. The van der Waals surface area contributed by atoms with Crippen LogP contribution in [-0.4, -0.2) is 140 Å². The molecule has 2 aliphatic rings. The molecular weight excluding hydrogens is 726 g/mol. The first-order valence-electron chi connectivity index (χ1n) is 21.9. The fourth-order valence-corrected chi connectivity index (χ4v) is 7.29. The highest BCUT2D eigenvalue weighted by Gasteiger charge is 2.50. The van der Waals surface area contributed by atoms with Gasteiger partial charge in [0.25, 0.3) is 0 Å². The molecule has 2 fully saturated rings. The number of allylic oxidation sites excluding steroid dienone is 1. The van der Waals surface area contributed by atoms with Crippen LogP contribution in [0.5, 0.6) is 0 Å². The number of rotatable bonds is 32. The molecular formula is C42H79NO13. The van der Waals surface area contributed by atoms with Gasteiger partial charge >= 0.3 is 0 Å². The molecule has 330 valence electrons. The summed E-state index contributed by atoms with van der Waals surface area (Å²) in [5.41, 5.74) is 0. The van der Waals surface area contributed by atoms with Crippen molar-refractivity contribution in [2.75, 3.05) is 19.8 Å². The predicted molar refractivity (Wildman–Crippen MR) is 212 cm³/mol. The quantitative estimate of drug-likeness (QED) is 0.0350. The second-order valence-electron chi connectivity index (χ2n) is 15.8. The third-order valence-electron chi connectivity index (χ3n) is 11.0. The summed E-state index contributed by atoms with van der Waals surface area (Å²) in [5.74, 6) is -0.244. The Labute approximate surface area is 336 Å². The van der Waals surface area contributed by atoms with Crippen LogP contribution in [0.3, 0.4) is 0 Å². The van der Waals surface area contributed by atoms with Crippen LogP contribution in [0.2, 0.25) is 0 Å². The fraction of sp³-hybridized carbons (Fsp3) is 0.929. The molecule has 12 unspecified atom stereocenters. The molecule has 2 aliphatic heterocycles. The number of amides is 1. The van der Waals surface area contributed by atoms with Crippen molar-refractivity contribution in [1.29, 1.82) is 0 Å². The van der Waals surface area contributed by atoms with Gasteiger partial charge in [-0.1, -0.05) is 142 Å². The van der Waals surface area contributed by atoms with Crippen molar-refractivity contribution >= 4 is 5.91 Å². The Morgan fingerprint density at radius 3 is 1.64 bits per heavy atom. The molecule has 2 rings (SSSR count). The van der Waals surface area contributed by atoms with Gasteiger partial charge in [-0.25, -0.2) is 0 Å². The number of carbonyl (C=O) groups is 1. The zero-order chi connectivity index (χ0) is 41.1. The van der Waals surface area contributed by atoms with Crippen molar-refractivity contribution in [2.24, 2.45) is 0 Å². The highest BCUT2D eigenvalue weighted by molar-refractivity contribution is 5.76.